The molecule has 0 amide bonds. The molecule has 0 aliphatic carbocycles. The van der Waals surface area contributed by atoms with Crippen LogP contribution in [-0.4, -0.2) is 4.98 Å². The van der Waals surface area contributed by atoms with Crippen molar-refractivity contribution in [2.45, 2.75) is 6.54 Å². The van der Waals surface area contributed by atoms with Crippen molar-refractivity contribution in [1.82, 2.24) is 4.98 Å². The molecule has 0 aliphatic heterocycles. The normalized spacial score (nSPS) is 10.6. The number of hydrogen-bond donors (Lipinski definition) is 1. The molecular weight excluding hydrogens is 347 g/mol. The van der Waals surface area contributed by atoms with Crippen LogP contribution in [0, 0.1) is 3.57 Å². The van der Waals surface area contributed by atoms with E-state index in [1.807, 2.05) is 30.3 Å². The van der Waals surface area contributed by atoms with Gasteiger partial charge in [-0.15, -0.1) is 0 Å². The SMILES string of the molecule is Ic1ccccc1NCc1ccc2ccccc2n1. The zero-order valence-corrected chi connectivity index (χ0v) is 12.5. The number of aromatic nitrogens is 1. The first-order chi connectivity index (χ1) is 9.33. The third kappa shape index (κ3) is 2.87. The van der Waals surface area contributed by atoms with E-state index >= 15 is 0 Å². The molecule has 3 rings (SSSR count). The maximum Gasteiger partial charge on any atom is 0.0706 e. The fourth-order valence-electron chi connectivity index (χ4n) is 2.00. The number of benzene rings is 2. The van der Waals surface area contributed by atoms with Crippen molar-refractivity contribution < 1.29 is 0 Å². The van der Waals surface area contributed by atoms with Gasteiger partial charge < -0.3 is 5.32 Å². The summed E-state index contributed by atoms with van der Waals surface area (Å²) >= 11 is 2.33. The Labute approximate surface area is 126 Å². The summed E-state index contributed by atoms with van der Waals surface area (Å²) in [7, 11) is 0. The highest BCUT2D eigenvalue weighted by atomic mass is 127. The second-order valence-corrected chi connectivity index (χ2v) is 5.49. The minimum absolute atomic E-state index is 0.741. The van der Waals surface area contributed by atoms with Crippen molar-refractivity contribution in [2.24, 2.45) is 0 Å². The third-order valence-electron chi connectivity index (χ3n) is 2.99. The molecule has 0 saturated carbocycles. The lowest BCUT2D eigenvalue weighted by molar-refractivity contribution is 1.07. The standard InChI is InChI=1S/C16H13IN2/c17-14-6-2-4-8-16(14)18-11-13-10-9-12-5-1-3-7-15(12)19-13/h1-10,18H,11H2. The molecule has 0 fully saturated rings. The van der Waals surface area contributed by atoms with Gasteiger partial charge >= 0.3 is 0 Å². The van der Waals surface area contributed by atoms with Crippen LogP contribution in [-0.2, 0) is 6.54 Å². The van der Waals surface area contributed by atoms with Gasteiger partial charge in [0.25, 0.3) is 0 Å². The van der Waals surface area contributed by atoms with Gasteiger partial charge in [-0.3, -0.25) is 4.98 Å². The predicted octanol–water partition coefficient (Wildman–Crippen LogP) is 4.45. The zero-order chi connectivity index (χ0) is 13.1. The van der Waals surface area contributed by atoms with Gasteiger partial charge in [0.1, 0.15) is 0 Å². The molecule has 3 aromatic rings. The number of halogens is 1. The Morgan fingerprint density at radius 3 is 2.58 bits per heavy atom. The highest BCUT2D eigenvalue weighted by Crippen LogP contribution is 2.18. The Kier molecular flexibility index (Phi) is 3.64. The molecule has 0 saturated heterocycles. The van der Waals surface area contributed by atoms with E-state index in [1.165, 1.54) is 8.96 Å². The summed E-state index contributed by atoms with van der Waals surface area (Å²) in [5.41, 5.74) is 3.25. The summed E-state index contributed by atoms with van der Waals surface area (Å²) in [5, 5.41) is 4.60. The van der Waals surface area contributed by atoms with Crippen LogP contribution in [0.4, 0.5) is 5.69 Å². The Bertz CT molecular complexity index is 710. The molecule has 2 aromatic carbocycles. The van der Waals surface area contributed by atoms with Crippen molar-refractivity contribution in [3.05, 3.63) is 69.9 Å². The molecule has 0 aliphatic rings. The molecule has 0 bridgehead atoms. The highest BCUT2D eigenvalue weighted by molar-refractivity contribution is 14.1. The van der Waals surface area contributed by atoms with E-state index in [-0.39, 0.29) is 0 Å². The molecule has 1 N–H and O–H groups in total. The first-order valence-electron chi connectivity index (χ1n) is 6.16. The van der Waals surface area contributed by atoms with Crippen molar-refractivity contribution in [3.8, 4) is 0 Å². The summed E-state index contributed by atoms with van der Waals surface area (Å²) in [4.78, 5) is 4.66. The first-order valence-corrected chi connectivity index (χ1v) is 7.24. The van der Waals surface area contributed by atoms with Crippen LogP contribution < -0.4 is 5.32 Å². The lowest BCUT2D eigenvalue weighted by Crippen LogP contribution is -2.02. The Morgan fingerprint density at radius 1 is 0.895 bits per heavy atom. The highest BCUT2D eigenvalue weighted by Gasteiger charge is 2.00. The van der Waals surface area contributed by atoms with E-state index in [1.54, 1.807) is 0 Å². The summed E-state index contributed by atoms with van der Waals surface area (Å²) < 4.78 is 1.22. The van der Waals surface area contributed by atoms with Gasteiger partial charge in [-0.2, -0.15) is 0 Å². The number of rotatable bonds is 3. The summed E-state index contributed by atoms with van der Waals surface area (Å²) in [6.07, 6.45) is 0. The van der Waals surface area contributed by atoms with E-state index in [0.29, 0.717) is 0 Å². The summed E-state index contributed by atoms with van der Waals surface area (Å²) in [6, 6.07) is 20.6. The van der Waals surface area contributed by atoms with Gasteiger partial charge in [0.05, 0.1) is 17.8 Å². The average Bonchev–Trinajstić information content (AvgIpc) is 2.46. The summed E-state index contributed by atoms with van der Waals surface area (Å²) in [5.74, 6) is 0. The Morgan fingerprint density at radius 2 is 1.68 bits per heavy atom. The van der Waals surface area contributed by atoms with Crippen molar-refractivity contribution in [1.29, 1.82) is 0 Å². The average molecular weight is 360 g/mol. The van der Waals surface area contributed by atoms with Crippen LogP contribution in [0.1, 0.15) is 5.69 Å². The molecule has 1 aromatic heterocycles. The molecule has 3 heteroatoms. The minimum atomic E-state index is 0.741. The number of nitrogens with one attached hydrogen (secondary N) is 1. The van der Waals surface area contributed by atoms with Gasteiger partial charge in [-0.25, -0.2) is 0 Å². The van der Waals surface area contributed by atoms with Crippen LogP contribution in [0.3, 0.4) is 0 Å². The number of para-hydroxylation sites is 2. The molecular formula is C16H13IN2. The second kappa shape index (κ2) is 5.57. The van der Waals surface area contributed by atoms with Crippen molar-refractivity contribution in [3.63, 3.8) is 0 Å². The lowest BCUT2D eigenvalue weighted by atomic mass is 10.2. The van der Waals surface area contributed by atoms with E-state index in [4.69, 9.17) is 0 Å². The molecule has 0 unspecified atom stereocenters. The fraction of sp³-hybridized carbons (Fsp3) is 0.0625. The molecule has 19 heavy (non-hydrogen) atoms. The minimum Gasteiger partial charge on any atom is -0.379 e. The quantitative estimate of drug-likeness (QED) is 0.698. The Hall–Kier alpha value is -1.62. The lowest BCUT2D eigenvalue weighted by Gasteiger charge is -2.08. The number of anilines is 1. The maximum absolute atomic E-state index is 4.66. The van der Waals surface area contributed by atoms with E-state index in [0.717, 1.165) is 23.4 Å². The zero-order valence-electron chi connectivity index (χ0n) is 10.3. The van der Waals surface area contributed by atoms with Gasteiger partial charge in [0.15, 0.2) is 0 Å². The maximum atomic E-state index is 4.66. The second-order valence-electron chi connectivity index (χ2n) is 4.33. The van der Waals surface area contributed by atoms with Crippen LogP contribution in [0.5, 0.6) is 0 Å². The van der Waals surface area contributed by atoms with E-state index in [9.17, 15) is 0 Å². The first kappa shape index (κ1) is 12.4. The molecule has 1 heterocycles. The smallest absolute Gasteiger partial charge is 0.0706 e. The number of hydrogen-bond acceptors (Lipinski definition) is 2. The topological polar surface area (TPSA) is 24.9 Å². The number of fused-ring (bicyclic) bond motifs is 1. The molecule has 0 atom stereocenters. The number of nitrogens with zero attached hydrogens (tertiary/aromatic N) is 1. The van der Waals surface area contributed by atoms with Crippen molar-refractivity contribution >= 4 is 39.2 Å². The van der Waals surface area contributed by atoms with E-state index < -0.39 is 0 Å². The summed E-state index contributed by atoms with van der Waals surface area (Å²) in [6.45, 7) is 0.741. The van der Waals surface area contributed by atoms with Crippen LogP contribution in [0.2, 0.25) is 0 Å². The van der Waals surface area contributed by atoms with E-state index in [2.05, 4.69) is 63.2 Å². The van der Waals surface area contributed by atoms with Crippen LogP contribution in [0.15, 0.2) is 60.7 Å². The largest absolute Gasteiger partial charge is 0.379 e. The number of pyridine rings is 1. The monoisotopic (exact) mass is 360 g/mol. The van der Waals surface area contributed by atoms with Crippen molar-refractivity contribution in [2.75, 3.05) is 5.32 Å². The van der Waals surface area contributed by atoms with Gasteiger partial charge in [-0.05, 0) is 46.9 Å². The third-order valence-corrected chi connectivity index (χ3v) is 3.93. The van der Waals surface area contributed by atoms with Gasteiger partial charge in [0.2, 0.25) is 0 Å². The Balaban J connectivity index is 1.80. The fourth-order valence-corrected chi connectivity index (χ4v) is 2.58. The molecule has 0 spiro atoms. The van der Waals surface area contributed by atoms with Crippen LogP contribution in [0.25, 0.3) is 10.9 Å². The predicted molar refractivity (Wildman–Crippen MR) is 88.2 cm³/mol. The molecule has 94 valence electrons. The van der Waals surface area contributed by atoms with Gasteiger partial charge in [-0.1, -0.05) is 36.4 Å². The molecule has 0 radical (unpaired) electrons. The van der Waals surface area contributed by atoms with Gasteiger partial charge in [0, 0.05) is 14.6 Å². The van der Waals surface area contributed by atoms with Crippen LogP contribution >= 0.6 is 22.6 Å². The molecule has 2 nitrogen and oxygen atoms in total.